The zero-order valence-corrected chi connectivity index (χ0v) is 18.3. The molecule has 174 valence electrons. The van der Waals surface area contributed by atoms with E-state index in [9.17, 15) is 29.1 Å². The second-order valence-electron chi connectivity index (χ2n) is 9.58. The van der Waals surface area contributed by atoms with Gasteiger partial charge in [0.25, 0.3) is 11.8 Å². The van der Waals surface area contributed by atoms with Gasteiger partial charge in [-0.1, -0.05) is 0 Å². The highest BCUT2D eigenvalue weighted by molar-refractivity contribution is 6.30. The van der Waals surface area contributed by atoms with E-state index in [1.807, 2.05) is 0 Å². The number of imide groups is 2. The van der Waals surface area contributed by atoms with Gasteiger partial charge in [-0.05, 0) is 56.3 Å². The maximum atomic E-state index is 12.3. The van der Waals surface area contributed by atoms with Gasteiger partial charge >= 0.3 is 23.6 Å². The maximum absolute atomic E-state index is 12.3. The van der Waals surface area contributed by atoms with Crippen LogP contribution in [0.1, 0.15) is 38.5 Å². The van der Waals surface area contributed by atoms with Gasteiger partial charge in [0.1, 0.15) is 5.57 Å². The Hall–Kier alpha value is -2.95. The van der Waals surface area contributed by atoms with Crippen molar-refractivity contribution in [3.05, 3.63) is 11.3 Å². The van der Waals surface area contributed by atoms with Crippen LogP contribution in [0.4, 0.5) is 4.79 Å². The number of nitrogens with zero attached hydrogens (tertiary/aromatic N) is 2. The molecule has 0 unspecified atom stereocenters. The molecule has 0 aromatic rings. The van der Waals surface area contributed by atoms with Crippen LogP contribution in [0.3, 0.4) is 0 Å². The summed E-state index contributed by atoms with van der Waals surface area (Å²) in [6.45, 7) is 0. The van der Waals surface area contributed by atoms with Gasteiger partial charge in [0, 0.05) is 19.6 Å². The Labute approximate surface area is 184 Å². The average Bonchev–Trinajstić information content (AvgIpc) is 2.99. The van der Waals surface area contributed by atoms with Crippen LogP contribution in [0.15, 0.2) is 11.3 Å². The molecule has 11 nitrogen and oxygen atoms in total. The number of barbiturate groups is 1. The second kappa shape index (κ2) is 7.29. The molecule has 1 spiro atoms. The Morgan fingerprint density at radius 1 is 1.00 bits per heavy atom. The van der Waals surface area contributed by atoms with Gasteiger partial charge in [-0.25, -0.2) is 14.4 Å². The number of ether oxygens (including phenoxy) is 2. The highest BCUT2D eigenvalue weighted by Gasteiger charge is 2.68. The first-order valence-corrected chi connectivity index (χ1v) is 10.6. The number of methoxy groups -OCH3 is 1. The molecule has 4 saturated carbocycles. The lowest BCUT2D eigenvalue weighted by Crippen LogP contribution is -2.68. The highest BCUT2D eigenvalue weighted by atomic mass is 16.6. The van der Waals surface area contributed by atoms with E-state index in [1.165, 1.54) is 38.5 Å². The lowest BCUT2D eigenvalue weighted by atomic mass is 9.53. The van der Waals surface area contributed by atoms with E-state index in [-0.39, 0.29) is 0 Å². The number of esters is 2. The molecular formula is C21H27N3O8. The van der Waals surface area contributed by atoms with Gasteiger partial charge in [0.2, 0.25) is 5.76 Å². The molecule has 2 aliphatic heterocycles. The van der Waals surface area contributed by atoms with Gasteiger partial charge in [0.15, 0.2) is 0 Å². The van der Waals surface area contributed by atoms with Gasteiger partial charge in [-0.15, -0.1) is 0 Å². The normalized spacial score (nSPS) is 34.7. The minimum atomic E-state index is -2.74. The zero-order chi connectivity index (χ0) is 23.6. The first kappa shape index (κ1) is 22.3. The largest absolute Gasteiger partial charge is 0.501 e. The topological polar surface area (TPSA) is 157 Å². The van der Waals surface area contributed by atoms with Crippen molar-refractivity contribution in [2.24, 2.45) is 23.5 Å². The van der Waals surface area contributed by atoms with Crippen molar-refractivity contribution in [1.29, 1.82) is 0 Å². The van der Waals surface area contributed by atoms with Crippen molar-refractivity contribution in [2.75, 3.05) is 21.2 Å². The molecule has 1 saturated heterocycles. The summed E-state index contributed by atoms with van der Waals surface area (Å²) >= 11 is 0. The molecule has 0 aromatic carbocycles. The molecular weight excluding hydrogens is 422 g/mol. The minimum absolute atomic E-state index is 0.300. The molecule has 0 aromatic heterocycles. The molecule has 4 bridgehead atoms. The summed E-state index contributed by atoms with van der Waals surface area (Å²) in [5.74, 6) is -3.42. The Kier molecular flexibility index (Phi) is 5.07. The number of amides is 4. The van der Waals surface area contributed by atoms with Gasteiger partial charge in [0.05, 0.1) is 7.11 Å². The third kappa shape index (κ3) is 3.09. The van der Waals surface area contributed by atoms with E-state index in [4.69, 9.17) is 5.73 Å². The Balaban J connectivity index is 0.000000183. The SMILES string of the molecule is COC(=O)C1=C(O)C(=O)OC12C(=O)N(C)C(=O)N(C)C2=O.NC12CC3CC(CC(C3)C1)C2. The van der Waals surface area contributed by atoms with Crippen molar-refractivity contribution in [1.82, 2.24) is 9.80 Å². The fraction of sp³-hybridized carbons (Fsp3) is 0.667. The lowest BCUT2D eigenvalue weighted by Gasteiger charge is -2.55. The smallest absolute Gasteiger partial charge is 0.376 e. The molecule has 6 aliphatic rings. The molecule has 11 heteroatoms. The number of likely N-dealkylation sites (N-methyl/N-ethyl adjacent to an activating group) is 2. The lowest BCUT2D eigenvalue weighted by molar-refractivity contribution is -0.176. The van der Waals surface area contributed by atoms with E-state index >= 15 is 0 Å². The Morgan fingerprint density at radius 2 is 1.44 bits per heavy atom. The van der Waals surface area contributed by atoms with Crippen molar-refractivity contribution >= 4 is 29.8 Å². The first-order chi connectivity index (χ1) is 14.9. The molecule has 32 heavy (non-hydrogen) atoms. The number of hydrogen-bond donors (Lipinski definition) is 2. The van der Waals surface area contributed by atoms with Crippen LogP contribution in [0.2, 0.25) is 0 Å². The fourth-order valence-corrected chi connectivity index (χ4v) is 6.29. The molecule has 2 heterocycles. The van der Waals surface area contributed by atoms with Gasteiger partial charge < -0.3 is 20.3 Å². The number of aliphatic hydroxyl groups is 1. The molecule has 4 aliphatic carbocycles. The monoisotopic (exact) mass is 449 g/mol. The average molecular weight is 449 g/mol. The molecule has 3 N–H and O–H groups in total. The summed E-state index contributed by atoms with van der Waals surface area (Å²) in [7, 11) is 3.00. The summed E-state index contributed by atoms with van der Waals surface area (Å²) in [4.78, 5) is 60.4. The number of nitrogens with two attached hydrogens (primary N) is 1. The molecule has 4 amide bonds. The van der Waals surface area contributed by atoms with Crippen molar-refractivity contribution in [3.8, 4) is 0 Å². The summed E-state index contributed by atoms with van der Waals surface area (Å²) < 4.78 is 9.01. The first-order valence-electron chi connectivity index (χ1n) is 10.6. The second-order valence-corrected chi connectivity index (χ2v) is 9.58. The number of carbonyl (C=O) groups excluding carboxylic acids is 5. The van der Waals surface area contributed by atoms with E-state index in [2.05, 4.69) is 9.47 Å². The molecule has 0 atom stereocenters. The highest BCUT2D eigenvalue weighted by Crippen LogP contribution is 2.54. The summed E-state index contributed by atoms with van der Waals surface area (Å²) in [6, 6.07) is -0.970. The van der Waals surface area contributed by atoms with Crippen LogP contribution >= 0.6 is 0 Å². The number of aliphatic hydroxyl groups excluding tert-OH is 1. The Morgan fingerprint density at radius 3 is 1.81 bits per heavy atom. The quantitative estimate of drug-likeness (QED) is 0.422. The van der Waals surface area contributed by atoms with Crippen molar-refractivity contribution in [3.63, 3.8) is 0 Å². The van der Waals surface area contributed by atoms with E-state index < -0.39 is 46.7 Å². The van der Waals surface area contributed by atoms with Crippen molar-refractivity contribution in [2.45, 2.75) is 49.7 Å². The van der Waals surface area contributed by atoms with Crippen LogP contribution in [-0.2, 0) is 28.7 Å². The minimum Gasteiger partial charge on any atom is -0.501 e. The Bertz CT molecular complexity index is 895. The number of urea groups is 1. The molecule has 5 fully saturated rings. The summed E-state index contributed by atoms with van der Waals surface area (Å²) in [6.07, 6.45) is 8.57. The van der Waals surface area contributed by atoms with Crippen LogP contribution in [0.25, 0.3) is 0 Å². The van der Waals surface area contributed by atoms with Crippen LogP contribution in [-0.4, -0.2) is 77.0 Å². The summed E-state index contributed by atoms with van der Waals surface area (Å²) in [5, 5.41) is 9.63. The van der Waals surface area contributed by atoms with E-state index in [0.29, 0.717) is 15.3 Å². The van der Waals surface area contributed by atoms with E-state index in [1.54, 1.807) is 0 Å². The fourth-order valence-electron chi connectivity index (χ4n) is 6.29. The number of carbonyl (C=O) groups is 5. The number of hydrogen-bond acceptors (Lipinski definition) is 9. The predicted molar refractivity (Wildman–Crippen MR) is 107 cm³/mol. The van der Waals surface area contributed by atoms with Gasteiger partial charge in [-0.3, -0.25) is 19.4 Å². The van der Waals surface area contributed by atoms with Gasteiger partial charge in [-0.2, -0.15) is 0 Å². The molecule has 0 radical (unpaired) electrons. The van der Waals surface area contributed by atoms with Crippen molar-refractivity contribution < 1.29 is 38.6 Å². The maximum Gasteiger partial charge on any atom is 0.376 e. The number of rotatable bonds is 1. The van der Waals surface area contributed by atoms with Crippen LogP contribution in [0, 0.1) is 17.8 Å². The summed E-state index contributed by atoms with van der Waals surface area (Å²) in [5.41, 5.74) is 2.93. The molecule has 6 rings (SSSR count). The van der Waals surface area contributed by atoms with E-state index in [0.717, 1.165) is 39.0 Å². The predicted octanol–water partition coefficient (Wildman–Crippen LogP) is 0.231. The van der Waals surface area contributed by atoms with Crippen LogP contribution < -0.4 is 5.73 Å². The standard InChI is InChI=1S/C11H10N2O8.C10H17N/c1-12-8(17)11(9(18)13(2)10(12)19)4(6(15)20-3)5(14)7(16)21-11;11-10-4-7-1-8(5-10)3-9(2-7)6-10/h14H,1-3H3;7-9H,1-6,11H2. The van der Waals surface area contributed by atoms with Crippen LogP contribution in [0.5, 0.6) is 0 Å². The zero-order valence-electron chi connectivity index (χ0n) is 18.3. The third-order valence-electron chi connectivity index (χ3n) is 7.29. The third-order valence-corrected chi connectivity index (χ3v) is 7.29.